The van der Waals surface area contributed by atoms with Crippen molar-refractivity contribution in [1.82, 2.24) is 0 Å². The standard InChI is InChI=1S/C38H47NO3/c1-3-5-7-9-11-13-29-40-35-24-18-32(19-25-35)15-14-31-16-20-34(21-17-31)38-30-37(39-42-38)33-22-26-36(27-23-33)41-28-12-10-8-6-4-2/h16-27,38H,3-13,28-30H2,1-2H3. The zero-order chi connectivity index (χ0) is 29.2. The van der Waals surface area contributed by atoms with Gasteiger partial charge in [-0.15, -0.1) is 0 Å². The number of oxime groups is 1. The van der Waals surface area contributed by atoms with Crippen molar-refractivity contribution in [2.24, 2.45) is 5.16 Å². The molecule has 0 aromatic heterocycles. The molecule has 4 heteroatoms. The van der Waals surface area contributed by atoms with E-state index < -0.39 is 0 Å². The molecule has 4 nitrogen and oxygen atoms in total. The third kappa shape index (κ3) is 10.6. The van der Waals surface area contributed by atoms with Gasteiger partial charge in [-0.1, -0.05) is 101 Å². The van der Waals surface area contributed by atoms with Crippen LogP contribution >= 0.6 is 0 Å². The molecular weight excluding hydrogens is 518 g/mol. The first-order valence-electron chi connectivity index (χ1n) is 16.1. The van der Waals surface area contributed by atoms with Crippen LogP contribution in [-0.4, -0.2) is 18.9 Å². The molecule has 0 amide bonds. The molecule has 0 aliphatic carbocycles. The molecule has 0 spiro atoms. The summed E-state index contributed by atoms with van der Waals surface area (Å²) in [5.41, 5.74) is 5.10. The number of rotatable bonds is 17. The van der Waals surface area contributed by atoms with Crippen molar-refractivity contribution in [2.45, 2.75) is 97.0 Å². The smallest absolute Gasteiger partial charge is 0.158 e. The van der Waals surface area contributed by atoms with Gasteiger partial charge in [0, 0.05) is 17.5 Å². The normalized spacial score (nSPS) is 14.0. The molecule has 0 N–H and O–H groups in total. The van der Waals surface area contributed by atoms with Crippen LogP contribution in [0.5, 0.6) is 11.5 Å². The summed E-state index contributed by atoms with van der Waals surface area (Å²) in [4.78, 5) is 5.79. The lowest BCUT2D eigenvalue weighted by Crippen LogP contribution is -2.02. The van der Waals surface area contributed by atoms with Crippen LogP contribution in [0.4, 0.5) is 0 Å². The number of hydrogen-bond donors (Lipinski definition) is 0. The van der Waals surface area contributed by atoms with E-state index >= 15 is 0 Å². The molecule has 42 heavy (non-hydrogen) atoms. The first kappa shape index (κ1) is 31.2. The van der Waals surface area contributed by atoms with E-state index in [9.17, 15) is 0 Å². The Morgan fingerprint density at radius 1 is 0.619 bits per heavy atom. The molecule has 1 unspecified atom stereocenters. The Hall–Kier alpha value is -3.71. The van der Waals surface area contributed by atoms with Gasteiger partial charge in [0.1, 0.15) is 11.5 Å². The summed E-state index contributed by atoms with van der Waals surface area (Å²) in [7, 11) is 0. The summed E-state index contributed by atoms with van der Waals surface area (Å²) in [5, 5.41) is 4.38. The Balaban J connectivity index is 1.19. The lowest BCUT2D eigenvalue weighted by atomic mass is 9.99. The Morgan fingerprint density at radius 3 is 1.64 bits per heavy atom. The van der Waals surface area contributed by atoms with E-state index in [1.165, 1.54) is 57.8 Å². The quantitative estimate of drug-likeness (QED) is 0.121. The van der Waals surface area contributed by atoms with Crippen LogP contribution < -0.4 is 9.47 Å². The fourth-order valence-electron chi connectivity index (χ4n) is 5.00. The second-order valence-electron chi connectivity index (χ2n) is 11.1. The molecule has 0 fully saturated rings. The molecular formula is C38H47NO3. The second kappa shape index (κ2) is 18.0. The maximum Gasteiger partial charge on any atom is 0.158 e. The largest absolute Gasteiger partial charge is 0.494 e. The zero-order valence-electron chi connectivity index (χ0n) is 25.6. The van der Waals surface area contributed by atoms with E-state index in [1.807, 2.05) is 36.4 Å². The third-order valence-corrected chi connectivity index (χ3v) is 7.63. The highest BCUT2D eigenvalue weighted by molar-refractivity contribution is 6.01. The van der Waals surface area contributed by atoms with Crippen molar-refractivity contribution in [3.8, 4) is 23.3 Å². The number of unbranched alkanes of at least 4 members (excludes halogenated alkanes) is 9. The van der Waals surface area contributed by atoms with E-state index in [0.29, 0.717) is 0 Å². The number of nitrogens with zero attached hydrogens (tertiary/aromatic N) is 1. The van der Waals surface area contributed by atoms with E-state index in [0.717, 1.165) is 71.9 Å². The zero-order valence-corrected chi connectivity index (χ0v) is 25.6. The summed E-state index contributed by atoms with van der Waals surface area (Å²) < 4.78 is 11.8. The molecule has 1 heterocycles. The van der Waals surface area contributed by atoms with Crippen molar-refractivity contribution in [2.75, 3.05) is 13.2 Å². The van der Waals surface area contributed by atoms with Crippen LogP contribution in [0.15, 0.2) is 78.0 Å². The van der Waals surface area contributed by atoms with E-state index in [4.69, 9.17) is 14.3 Å². The molecule has 3 aromatic carbocycles. The summed E-state index contributed by atoms with van der Waals surface area (Å²) in [6.45, 7) is 6.04. The molecule has 0 bridgehead atoms. The SMILES string of the molecule is CCCCCCCCOc1ccc(C#Cc2ccc(C3CC(c4ccc(OCCCCCCC)cc4)=NO3)cc2)cc1. The molecule has 1 aliphatic rings. The molecule has 0 saturated carbocycles. The fourth-order valence-corrected chi connectivity index (χ4v) is 5.00. The van der Waals surface area contributed by atoms with E-state index in [1.54, 1.807) is 0 Å². The van der Waals surface area contributed by atoms with Crippen LogP contribution in [0.25, 0.3) is 0 Å². The predicted molar refractivity (Wildman–Crippen MR) is 173 cm³/mol. The van der Waals surface area contributed by atoms with Crippen LogP contribution in [0.3, 0.4) is 0 Å². The van der Waals surface area contributed by atoms with Gasteiger partial charge in [0.05, 0.1) is 18.9 Å². The Morgan fingerprint density at radius 2 is 1.10 bits per heavy atom. The number of hydrogen-bond acceptors (Lipinski definition) is 4. The summed E-state index contributed by atoms with van der Waals surface area (Å²) >= 11 is 0. The maximum atomic E-state index is 5.90. The van der Waals surface area contributed by atoms with Crippen molar-refractivity contribution >= 4 is 5.71 Å². The van der Waals surface area contributed by atoms with Crippen LogP contribution in [0.1, 0.15) is 119 Å². The lowest BCUT2D eigenvalue weighted by molar-refractivity contribution is 0.0857. The first-order valence-corrected chi connectivity index (χ1v) is 16.1. The topological polar surface area (TPSA) is 40.0 Å². The average Bonchev–Trinajstić information content (AvgIpc) is 3.53. The van der Waals surface area contributed by atoms with Gasteiger partial charge in [-0.3, -0.25) is 0 Å². The maximum absolute atomic E-state index is 5.90. The Labute approximate surface area is 253 Å². The second-order valence-corrected chi connectivity index (χ2v) is 11.1. The van der Waals surface area contributed by atoms with Crippen molar-refractivity contribution in [3.63, 3.8) is 0 Å². The highest BCUT2D eigenvalue weighted by Gasteiger charge is 2.23. The Bertz CT molecular complexity index is 1270. The first-order chi connectivity index (χ1) is 20.7. The third-order valence-electron chi connectivity index (χ3n) is 7.63. The van der Waals surface area contributed by atoms with Gasteiger partial charge < -0.3 is 14.3 Å². The van der Waals surface area contributed by atoms with Crippen molar-refractivity contribution < 1.29 is 14.3 Å². The highest BCUT2D eigenvalue weighted by atomic mass is 16.6. The molecule has 4 rings (SSSR count). The minimum absolute atomic E-state index is 0.0788. The molecule has 222 valence electrons. The minimum atomic E-state index is -0.0788. The molecule has 3 aromatic rings. The summed E-state index contributed by atoms with van der Waals surface area (Å²) in [5.74, 6) is 8.35. The molecule has 0 radical (unpaired) electrons. The highest BCUT2D eigenvalue weighted by Crippen LogP contribution is 2.30. The predicted octanol–water partition coefficient (Wildman–Crippen LogP) is 10.0. The van der Waals surface area contributed by atoms with Gasteiger partial charge in [0.2, 0.25) is 0 Å². The average molecular weight is 566 g/mol. The van der Waals surface area contributed by atoms with Gasteiger partial charge in [-0.05, 0) is 84.6 Å². The van der Waals surface area contributed by atoms with E-state index in [2.05, 4.69) is 67.2 Å². The molecule has 0 saturated heterocycles. The minimum Gasteiger partial charge on any atom is -0.494 e. The monoisotopic (exact) mass is 565 g/mol. The number of benzene rings is 3. The van der Waals surface area contributed by atoms with Gasteiger partial charge in [-0.25, -0.2) is 0 Å². The van der Waals surface area contributed by atoms with Crippen LogP contribution in [0.2, 0.25) is 0 Å². The summed E-state index contributed by atoms with van der Waals surface area (Å²) in [6.07, 6.45) is 14.5. The Kier molecular flexibility index (Phi) is 13.4. The van der Waals surface area contributed by atoms with Gasteiger partial charge >= 0.3 is 0 Å². The van der Waals surface area contributed by atoms with Crippen molar-refractivity contribution in [3.05, 3.63) is 95.1 Å². The van der Waals surface area contributed by atoms with Crippen molar-refractivity contribution in [1.29, 1.82) is 0 Å². The van der Waals surface area contributed by atoms with E-state index in [-0.39, 0.29) is 6.10 Å². The van der Waals surface area contributed by atoms with Crippen LogP contribution in [-0.2, 0) is 4.84 Å². The lowest BCUT2D eigenvalue weighted by Gasteiger charge is -2.09. The van der Waals surface area contributed by atoms with Gasteiger partial charge in [0.15, 0.2) is 6.10 Å². The summed E-state index contributed by atoms with van der Waals surface area (Å²) in [6, 6.07) is 24.6. The van der Waals surface area contributed by atoms with Gasteiger partial charge in [-0.2, -0.15) is 0 Å². The van der Waals surface area contributed by atoms with Crippen LogP contribution in [0, 0.1) is 11.8 Å². The van der Waals surface area contributed by atoms with Gasteiger partial charge in [0.25, 0.3) is 0 Å². The fraction of sp³-hybridized carbons (Fsp3) is 0.447. The number of ether oxygens (including phenoxy) is 2. The molecule has 1 atom stereocenters. The molecule has 1 aliphatic heterocycles.